The molecule has 2 saturated heterocycles. The van der Waals surface area contributed by atoms with E-state index in [1.54, 1.807) is 30.4 Å². The molecule has 9 nitrogen and oxygen atoms in total. The number of aromatic nitrogens is 2. The van der Waals surface area contributed by atoms with E-state index in [9.17, 15) is 14.4 Å². The zero-order valence-electron chi connectivity index (χ0n) is 15.8. The third-order valence-electron chi connectivity index (χ3n) is 5.88. The van der Waals surface area contributed by atoms with E-state index in [0.717, 1.165) is 24.8 Å². The molecule has 2 aliphatic rings. The summed E-state index contributed by atoms with van der Waals surface area (Å²) in [5, 5.41) is 2.43. The minimum atomic E-state index is -0.720. The summed E-state index contributed by atoms with van der Waals surface area (Å²) in [6, 6.07) is 2.25. The van der Waals surface area contributed by atoms with Crippen molar-refractivity contribution in [3.8, 4) is 0 Å². The lowest BCUT2D eigenvalue weighted by Gasteiger charge is -2.35. The number of likely N-dealkylation sites (tertiary alicyclic amines) is 2. The lowest BCUT2D eigenvalue weighted by molar-refractivity contribution is -0.132. The van der Waals surface area contributed by atoms with Crippen LogP contribution >= 0.6 is 0 Å². The van der Waals surface area contributed by atoms with Crippen LogP contribution in [0.3, 0.4) is 0 Å². The fraction of sp³-hybridized carbons (Fsp3) is 0.474. The zero-order valence-corrected chi connectivity index (χ0v) is 15.8. The summed E-state index contributed by atoms with van der Waals surface area (Å²) in [5.41, 5.74) is 6.28. The van der Waals surface area contributed by atoms with Crippen LogP contribution < -0.4 is 11.1 Å². The molecule has 0 saturated carbocycles. The number of amides is 4. The molecule has 2 aromatic rings. The van der Waals surface area contributed by atoms with Crippen molar-refractivity contribution < 1.29 is 14.4 Å². The molecule has 148 valence electrons. The minimum Gasteiger partial charge on any atom is -0.352 e. The second-order valence-corrected chi connectivity index (χ2v) is 7.67. The Morgan fingerprint density at radius 2 is 2.11 bits per heavy atom. The predicted octanol–water partition coefficient (Wildman–Crippen LogP) is 0.598. The Hall–Kier alpha value is -3.10. The number of nitrogens with one attached hydrogen (secondary N) is 1. The molecule has 2 aliphatic heterocycles. The van der Waals surface area contributed by atoms with E-state index < -0.39 is 12.1 Å². The van der Waals surface area contributed by atoms with Gasteiger partial charge in [-0.3, -0.25) is 9.59 Å². The van der Waals surface area contributed by atoms with E-state index in [-0.39, 0.29) is 17.4 Å². The third-order valence-corrected chi connectivity index (χ3v) is 5.88. The van der Waals surface area contributed by atoms with Crippen LogP contribution in [-0.2, 0) is 4.79 Å². The average molecular weight is 384 g/mol. The van der Waals surface area contributed by atoms with Crippen molar-refractivity contribution >= 4 is 23.4 Å². The van der Waals surface area contributed by atoms with E-state index >= 15 is 0 Å². The van der Waals surface area contributed by atoms with Crippen LogP contribution in [0.2, 0.25) is 0 Å². The van der Waals surface area contributed by atoms with Crippen molar-refractivity contribution in [3.63, 3.8) is 0 Å². The largest absolute Gasteiger partial charge is 0.352 e. The Morgan fingerprint density at radius 3 is 2.89 bits per heavy atom. The van der Waals surface area contributed by atoms with E-state index in [1.165, 1.54) is 0 Å². The van der Waals surface area contributed by atoms with E-state index in [0.29, 0.717) is 25.2 Å². The van der Waals surface area contributed by atoms with Gasteiger partial charge in [0.05, 0.1) is 23.6 Å². The van der Waals surface area contributed by atoms with Gasteiger partial charge in [-0.2, -0.15) is 0 Å². The number of primary amides is 1. The first-order chi connectivity index (χ1) is 13.4. The van der Waals surface area contributed by atoms with Gasteiger partial charge in [0.15, 0.2) is 0 Å². The average Bonchev–Trinajstić information content (AvgIpc) is 3.39. The zero-order chi connectivity index (χ0) is 19.9. The van der Waals surface area contributed by atoms with Gasteiger partial charge in [-0.25, -0.2) is 9.78 Å². The molecule has 0 aromatic carbocycles. The van der Waals surface area contributed by atoms with Gasteiger partial charge in [0.25, 0.3) is 5.91 Å². The van der Waals surface area contributed by atoms with Crippen LogP contribution in [0.15, 0.2) is 30.9 Å². The second-order valence-electron chi connectivity index (χ2n) is 7.67. The fourth-order valence-electron chi connectivity index (χ4n) is 4.48. The number of pyridine rings is 1. The molecule has 28 heavy (non-hydrogen) atoms. The second kappa shape index (κ2) is 6.81. The first-order valence-electron chi connectivity index (χ1n) is 9.48. The summed E-state index contributed by atoms with van der Waals surface area (Å²) in [6.45, 7) is 3.35. The maximum Gasteiger partial charge on any atom is 0.312 e. The summed E-state index contributed by atoms with van der Waals surface area (Å²) in [5.74, 6) is -0.186. The van der Waals surface area contributed by atoms with Gasteiger partial charge in [0, 0.05) is 31.4 Å². The molecule has 0 aliphatic carbocycles. The van der Waals surface area contributed by atoms with Crippen molar-refractivity contribution in [3.05, 3.63) is 36.4 Å². The monoisotopic (exact) mass is 384 g/mol. The van der Waals surface area contributed by atoms with Crippen molar-refractivity contribution in [2.75, 3.05) is 19.6 Å². The molecule has 2 atom stereocenters. The standard InChI is InChI=1S/C19H24N6O3/c1-13(22-18(20)28)16(26)23-8-5-19(11-23)4-2-6-25(19)17(27)14-3-7-24-12-21-10-15(24)9-14/h3,7,9-10,12-13H,2,4-6,8,11H2,1H3,(H3,20,22,28)/t13-,19?/m0/s1. The van der Waals surface area contributed by atoms with Gasteiger partial charge < -0.3 is 25.3 Å². The third kappa shape index (κ3) is 3.06. The van der Waals surface area contributed by atoms with Crippen molar-refractivity contribution in [1.29, 1.82) is 0 Å². The van der Waals surface area contributed by atoms with Crippen molar-refractivity contribution in [1.82, 2.24) is 24.5 Å². The molecule has 0 bridgehead atoms. The predicted molar refractivity (Wildman–Crippen MR) is 102 cm³/mol. The molecular formula is C19H24N6O3. The molecule has 2 aromatic heterocycles. The number of carbonyl (C=O) groups is 3. The number of hydrogen-bond donors (Lipinski definition) is 2. The van der Waals surface area contributed by atoms with Crippen molar-refractivity contribution in [2.45, 2.75) is 37.8 Å². The number of nitrogens with two attached hydrogens (primary N) is 1. The number of hydrogen-bond acceptors (Lipinski definition) is 4. The van der Waals surface area contributed by atoms with Crippen LogP contribution in [-0.4, -0.2) is 68.2 Å². The van der Waals surface area contributed by atoms with Gasteiger partial charge in [0.2, 0.25) is 5.91 Å². The molecule has 2 fully saturated rings. The Bertz CT molecular complexity index is 941. The molecule has 1 unspecified atom stereocenters. The maximum atomic E-state index is 13.2. The van der Waals surface area contributed by atoms with Crippen LogP contribution in [0.5, 0.6) is 0 Å². The molecule has 4 heterocycles. The van der Waals surface area contributed by atoms with E-state index in [1.807, 2.05) is 21.6 Å². The van der Waals surface area contributed by atoms with Crippen LogP contribution in [0, 0.1) is 0 Å². The normalized spacial score (nSPS) is 22.8. The molecule has 4 amide bonds. The minimum absolute atomic E-state index is 0.0150. The summed E-state index contributed by atoms with van der Waals surface area (Å²) in [6.07, 6.45) is 7.78. The highest BCUT2D eigenvalue weighted by atomic mass is 16.2. The van der Waals surface area contributed by atoms with Gasteiger partial charge in [0.1, 0.15) is 6.04 Å². The number of rotatable bonds is 3. The summed E-state index contributed by atoms with van der Waals surface area (Å²) < 4.78 is 1.86. The Kier molecular flexibility index (Phi) is 4.44. The van der Waals surface area contributed by atoms with Crippen LogP contribution in [0.25, 0.3) is 5.52 Å². The number of urea groups is 1. The van der Waals surface area contributed by atoms with Gasteiger partial charge in [-0.05, 0) is 38.3 Å². The number of nitrogens with zero attached hydrogens (tertiary/aromatic N) is 4. The molecule has 0 radical (unpaired) electrons. The molecule has 3 N–H and O–H groups in total. The molecule has 9 heteroatoms. The Morgan fingerprint density at radius 1 is 1.29 bits per heavy atom. The summed E-state index contributed by atoms with van der Waals surface area (Å²) in [7, 11) is 0. The highest BCUT2D eigenvalue weighted by molar-refractivity contribution is 5.96. The summed E-state index contributed by atoms with van der Waals surface area (Å²) in [4.78, 5) is 44.7. The first kappa shape index (κ1) is 18.3. The lowest BCUT2D eigenvalue weighted by Crippen LogP contribution is -2.52. The quantitative estimate of drug-likeness (QED) is 0.807. The summed E-state index contributed by atoms with van der Waals surface area (Å²) >= 11 is 0. The van der Waals surface area contributed by atoms with Gasteiger partial charge in [-0.1, -0.05) is 0 Å². The van der Waals surface area contributed by atoms with E-state index in [2.05, 4.69) is 10.3 Å². The highest BCUT2D eigenvalue weighted by Gasteiger charge is 2.49. The smallest absolute Gasteiger partial charge is 0.312 e. The number of imidazole rings is 1. The topological polar surface area (TPSA) is 113 Å². The van der Waals surface area contributed by atoms with Gasteiger partial charge >= 0.3 is 6.03 Å². The first-order valence-corrected chi connectivity index (χ1v) is 9.48. The van der Waals surface area contributed by atoms with Gasteiger partial charge in [-0.15, -0.1) is 0 Å². The fourth-order valence-corrected chi connectivity index (χ4v) is 4.48. The van der Waals surface area contributed by atoms with Crippen LogP contribution in [0.1, 0.15) is 36.5 Å². The molecule has 1 spiro atoms. The number of fused-ring (bicyclic) bond motifs is 1. The Labute approximate surface area is 162 Å². The van der Waals surface area contributed by atoms with Crippen LogP contribution in [0.4, 0.5) is 4.79 Å². The highest BCUT2D eigenvalue weighted by Crippen LogP contribution is 2.38. The Balaban J connectivity index is 1.52. The number of carbonyl (C=O) groups excluding carboxylic acids is 3. The lowest BCUT2D eigenvalue weighted by atomic mass is 9.94. The van der Waals surface area contributed by atoms with E-state index in [4.69, 9.17) is 5.73 Å². The molecular weight excluding hydrogens is 360 g/mol. The SMILES string of the molecule is C[C@H](NC(N)=O)C(=O)N1CCC2(CCCN2C(=O)c2ccn3cncc3c2)C1. The maximum absolute atomic E-state index is 13.2. The molecule has 4 rings (SSSR count). The van der Waals surface area contributed by atoms with Crippen molar-refractivity contribution in [2.24, 2.45) is 5.73 Å².